The average molecular weight is 409 g/mol. The average Bonchev–Trinajstić information content (AvgIpc) is 2.93. The molecule has 0 aliphatic carbocycles. The minimum Gasteiger partial charge on any atom is -0.319 e. The van der Waals surface area contributed by atoms with E-state index >= 15 is 0 Å². The van der Waals surface area contributed by atoms with Crippen LogP contribution in [-0.4, -0.2) is 10.9 Å². The van der Waals surface area contributed by atoms with Crippen molar-refractivity contribution in [1.82, 2.24) is 4.98 Å². The van der Waals surface area contributed by atoms with Gasteiger partial charge in [0.15, 0.2) is 0 Å². The second kappa shape index (κ2) is 6.78. The minimum atomic E-state index is -0.529. The van der Waals surface area contributed by atoms with E-state index in [1.54, 1.807) is 25.1 Å². The largest absolute Gasteiger partial charge is 0.319 e. The first-order valence-corrected chi connectivity index (χ1v) is 8.55. The van der Waals surface area contributed by atoms with Crippen molar-refractivity contribution in [3.8, 4) is 10.6 Å². The molecule has 0 saturated heterocycles. The number of carbonyl (C=O) groups is 1. The highest BCUT2D eigenvalue weighted by Gasteiger charge is 2.17. The molecule has 0 spiro atoms. The molecule has 0 aliphatic heterocycles. The van der Waals surface area contributed by atoms with Crippen LogP contribution in [0, 0.1) is 18.6 Å². The number of amides is 1. The molecule has 1 aromatic heterocycles. The van der Waals surface area contributed by atoms with Crippen molar-refractivity contribution in [3.63, 3.8) is 0 Å². The van der Waals surface area contributed by atoms with Gasteiger partial charge in [-0.15, -0.1) is 11.3 Å². The molecule has 2 aromatic carbocycles. The molecule has 0 atom stereocenters. The number of halogens is 3. The van der Waals surface area contributed by atoms with Gasteiger partial charge in [-0.1, -0.05) is 15.9 Å². The summed E-state index contributed by atoms with van der Waals surface area (Å²) in [5.41, 5.74) is 1.35. The number of rotatable bonds is 3. The SMILES string of the molecule is Cc1nc(-c2ccc(F)cc2)sc1C(=O)Nc1ccc(Br)cc1F. The molecule has 0 radical (unpaired) electrons. The number of benzene rings is 2. The van der Waals surface area contributed by atoms with E-state index in [0.29, 0.717) is 20.1 Å². The van der Waals surface area contributed by atoms with E-state index in [1.807, 2.05) is 0 Å². The number of aryl methyl sites for hydroxylation is 1. The van der Waals surface area contributed by atoms with Crippen molar-refractivity contribution >= 4 is 38.9 Å². The van der Waals surface area contributed by atoms with Crippen LogP contribution in [0.5, 0.6) is 0 Å². The summed E-state index contributed by atoms with van der Waals surface area (Å²) in [6, 6.07) is 10.3. The fourth-order valence-corrected chi connectivity index (χ4v) is 3.39. The van der Waals surface area contributed by atoms with Crippen LogP contribution in [0.15, 0.2) is 46.9 Å². The highest BCUT2D eigenvalue weighted by atomic mass is 79.9. The van der Waals surface area contributed by atoms with E-state index in [9.17, 15) is 13.6 Å². The second-order valence-electron chi connectivity index (χ2n) is 5.02. The first-order valence-electron chi connectivity index (χ1n) is 6.94. The third-order valence-corrected chi connectivity index (χ3v) is 4.97. The van der Waals surface area contributed by atoms with Gasteiger partial charge >= 0.3 is 0 Å². The van der Waals surface area contributed by atoms with Crippen molar-refractivity contribution in [1.29, 1.82) is 0 Å². The predicted octanol–water partition coefficient (Wildman–Crippen LogP) is 5.41. The van der Waals surface area contributed by atoms with Gasteiger partial charge in [0.25, 0.3) is 5.91 Å². The lowest BCUT2D eigenvalue weighted by atomic mass is 10.2. The number of hydrogen-bond donors (Lipinski definition) is 1. The molecule has 0 fully saturated rings. The zero-order valence-corrected chi connectivity index (χ0v) is 14.8. The maximum Gasteiger partial charge on any atom is 0.267 e. The molecule has 3 nitrogen and oxygen atoms in total. The summed E-state index contributed by atoms with van der Waals surface area (Å²) < 4.78 is 27.4. The van der Waals surface area contributed by atoms with Crippen molar-refractivity contribution < 1.29 is 13.6 Å². The Labute approximate surface area is 149 Å². The van der Waals surface area contributed by atoms with Crippen molar-refractivity contribution in [2.75, 3.05) is 5.32 Å². The van der Waals surface area contributed by atoms with E-state index < -0.39 is 11.7 Å². The van der Waals surface area contributed by atoms with Crippen LogP contribution < -0.4 is 5.32 Å². The lowest BCUT2D eigenvalue weighted by molar-refractivity contribution is 0.102. The van der Waals surface area contributed by atoms with Crippen LogP contribution in [0.2, 0.25) is 0 Å². The molecule has 0 unspecified atom stereocenters. The molecule has 3 aromatic rings. The molecule has 0 saturated carbocycles. The number of nitrogens with zero attached hydrogens (tertiary/aromatic N) is 1. The Morgan fingerprint density at radius 3 is 2.54 bits per heavy atom. The minimum absolute atomic E-state index is 0.0966. The molecular formula is C17H11BrF2N2OS. The molecule has 1 amide bonds. The number of nitrogens with one attached hydrogen (secondary N) is 1. The number of carbonyl (C=O) groups excluding carboxylic acids is 1. The van der Waals surface area contributed by atoms with Crippen LogP contribution in [0.1, 0.15) is 15.4 Å². The van der Waals surface area contributed by atoms with E-state index in [1.165, 1.54) is 35.6 Å². The number of thiazole rings is 1. The Kier molecular flexibility index (Phi) is 4.73. The van der Waals surface area contributed by atoms with Crippen LogP contribution in [0.25, 0.3) is 10.6 Å². The van der Waals surface area contributed by atoms with E-state index in [0.717, 1.165) is 5.56 Å². The summed E-state index contributed by atoms with van der Waals surface area (Å²) in [5, 5.41) is 3.15. The summed E-state index contributed by atoms with van der Waals surface area (Å²) in [6.45, 7) is 1.70. The van der Waals surface area contributed by atoms with Crippen LogP contribution >= 0.6 is 27.3 Å². The summed E-state index contributed by atoms with van der Waals surface area (Å²) in [7, 11) is 0. The topological polar surface area (TPSA) is 42.0 Å². The van der Waals surface area contributed by atoms with Gasteiger partial charge in [0.05, 0.1) is 11.4 Å². The number of anilines is 1. The summed E-state index contributed by atoms with van der Waals surface area (Å²) in [4.78, 5) is 17.1. The second-order valence-corrected chi connectivity index (χ2v) is 6.93. The highest BCUT2D eigenvalue weighted by Crippen LogP contribution is 2.29. The molecule has 0 aliphatic rings. The van der Waals surface area contributed by atoms with Gasteiger partial charge in [0.2, 0.25) is 0 Å². The smallest absolute Gasteiger partial charge is 0.267 e. The normalized spacial score (nSPS) is 10.7. The van der Waals surface area contributed by atoms with Crippen LogP contribution in [0.3, 0.4) is 0 Å². The predicted molar refractivity (Wildman–Crippen MR) is 94.3 cm³/mol. The number of hydrogen-bond acceptors (Lipinski definition) is 3. The fraction of sp³-hybridized carbons (Fsp3) is 0.0588. The Hall–Kier alpha value is -2.12. The quantitative estimate of drug-likeness (QED) is 0.629. The van der Waals surface area contributed by atoms with Crippen LogP contribution in [0.4, 0.5) is 14.5 Å². The van der Waals surface area contributed by atoms with Crippen molar-refractivity contribution in [3.05, 3.63) is 69.1 Å². The standard InChI is InChI=1S/C17H11BrF2N2OS/c1-9-15(16(23)22-14-7-4-11(18)8-13(14)20)24-17(21-9)10-2-5-12(19)6-3-10/h2-8H,1H3,(H,22,23). The molecule has 0 bridgehead atoms. The first-order chi connectivity index (χ1) is 11.4. The van der Waals surface area contributed by atoms with Gasteiger partial charge < -0.3 is 5.32 Å². The summed E-state index contributed by atoms with van der Waals surface area (Å²) in [6.07, 6.45) is 0. The molecular weight excluding hydrogens is 398 g/mol. The summed E-state index contributed by atoms with van der Waals surface area (Å²) >= 11 is 4.34. The molecule has 3 rings (SSSR count). The maximum atomic E-state index is 13.8. The Morgan fingerprint density at radius 1 is 1.17 bits per heavy atom. The van der Waals surface area contributed by atoms with Gasteiger partial charge in [0, 0.05) is 10.0 Å². The lowest BCUT2D eigenvalue weighted by Crippen LogP contribution is -2.12. The molecule has 7 heteroatoms. The molecule has 1 N–H and O–H groups in total. The Bertz CT molecular complexity index is 909. The van der Waals surface area contributed by atoms with E-state index in [4.69, 9.17) is 0 Å². The van der Waals surface area contributed by atoms with Crippen molar-refractivity contribution in [2.45, 2.75) is 6.92 Å². The highest BCUT2D eigenvalue weighted by molar-refractivity contribution is 9.10. The maximum absolute atomic E-state index is 13.8. The fourth-order valence-electron chi connectivity index (χ4n) is 2.09. The summed E-state index contributed by atoms with van der Waals surface area (Å²) in [5.74, 6) is -1.30. The molecule has 1 heterocycles. The van der Waals surface area contributed by atoms with Crippen LogP contribution in [-0.2, 0) is 0 Å². The number of aromatic nitrogens is 1. The van der Waals surface area contributed by atoms with E-state index in [-0.39, 0.29) is 11.5 Å². The lowest BCUT2D eigenvalue weighted by Gasteiger charge is -2.05. The van der Waals surface area contributed by atoms with Crippen molar-refractivity contribution in [2.24, 2.45) is 0 Å². The van der Waals surface area contributed by atoms with Gasteiger partial charge in [-0.25, -0.2) is 13.8 Å². The zero-order chi connectivity index (χ0) is 17.3. The molecule has 24 heavy (non-hydrogen) atoms. The zero-order valence-electron chi connectivity index (χ0n) is 12.4. The molecule has 122 valence electrons. The first kappa shape index (κ1) is 16.7. The monoisotopic (exact) mass is 408 g/mol. The van der Waals surface area contributed by atoms with Gasteiger partial charge in [-0.2, -0.15) is 0 Å². The third-order valence-electron chi connectivity index (χ3n) is 3.27. The Morgan fingerprint density at radius 2 is 1.88 bits per heavy atom. The third kappa shape index (κ3) is 3.52. The van der Waals surface area contributed by atoms with E-state index in [2.05, 4.69) is 26.2 Å². The van der Waals surface area contributed by atoms with Gasteiger partial charge in [0.1, 0.15) is 21.5 Å². The Balaban J connectivity index is 1.86. The van der Waals surface area contributed by atoms with Gasteiger partial charge in [-0.3, -0.25) is 4.79 Å². The van der Waals surface area contributed by atoms with Gasteiger partial charge in [-0.05, 0) is 49.4 Å².